The number of anilines is 1. The molecular formula is C19H21N3O4. The number of nitrogens with one attached hydrogen (secondary N) is 1. The number of carbonyl (C=O) groups is 1. The Kier molecular flexibility index (Phi) is 5.48. The van der Waals surface area contributed by atoms with Crippen molar-refractivity contribution in [2.24, 2.45) is 0 Å². The first-order chi connectivity index (χ1) is 12.6. The number of benzene rings is 2. The van der Waals surface area contributed by atoms with Gasteiger partial charge in [0.2, 0.25) is 5.91 Å². The van der Waals surface area contributed by atoms with Gasteiger partial charge in [0.05, 0.1) is 18.6 Å². The molecule has 7 nitrogen and oxygen atoms in total. The molecule has 1 saturated carbocycles. The summed E-state index contributed by atoms with van der Waals surface area (Å²) in [7, 11) is 1.62. The van der Waals surface area contributed by atoms with Crippen molar-refractivity contribution in [2.75, 3.05) is 19.0 Å². The summed E-state index contributed by atoms with van der Waals surface area (Å²) < 4.78 is 5.16. The molecule has 1 amide bonds. The van der Waals surface area contributed by atoms with E-state index in [1.807, 2.05) is 24.3 Å². The maximum Gasteiger partial charge on any atom is 0.292 e. The van der Waals surface area contributed by atoms with Gasteiger partial charge in [-0.05, 0) is 36.6 Å². The second-order valence-corrected chi connectivity index (χ2v) is 6.31. The van der Waals surface area contributed by atoms with E-state index in [-0.39, 0.29) is 23.8 Å². The molecule has 0 aromatic heterocycles. The van der Waals surface area contributed by atoms with Gasteiger partial charge >= 0.3 is 0 Å². The number of nitrogens with zero attached hydrogens (tertiary/aromatic N) is 2. The van der Waals surface area contributed by atoms with Crippen molar-refractivity contribution >= 4 is 17.3 Å². The first-order valence-electron chi connectivity index (χ1n) is 8.47. The Hall–Kier alpha value is -2.93. The summed E-state index contributed by atoms with van der Waals surface area (Å²) in [5.41, 5.74) is 1.22. The molecule has 1 aliphatic carbocycles. The molecule has 0 aliphatic heterocycles. The molecule has 0 saturated heterocycles. The highest BCUT2D eigenvalue weighted by molar-refractivity contribution is 5.94. The molecule has 0 radical (unpaired) electrons. The van der Waals surface area contributed by atoms with Gasteiger partial charge in [-0.15, -0.1) is 0 Å². The number of carbonyl (C=O) groups excluding carboxylic acids is 1. The molecule has 7 heteroatoms. The quantitative estimate of drug-likeness (QED) is 0.580. The van der Waals surface area contributed by atoms with Crippen LogP contribution in [0.2, 0.25) is 0 Å². The first kappa shape index (κ1) is 17.9. The maximum atomic E-state index is 12.4. The van der Waals surface area contributed by atoms with E-state index in [1.54, 1.807) is 25.3 Å². The largest absolute Gasteiger partial charge is 0.497 e. The van der Waals surface area contributed by atoms with Gasteiger partial charge in [-0.25, -0.2) is 0 Å². The van der Waals surface area contributed by atoms with E-state index in [0.717, 1.165) is 24.2 Å². The number of nitro groups is 1. The summed E-state index contributed by atoms with van der Waals surface area (Å²) in [5.74, 6) is 0.542. The average molecular weight is 355 g/mol. The monoisotopic (exact) mass is 355 g/mol. The van der Waals surface area contributed by atoms with Crippen molar-refractivity contribution in [3.05, 3.63) is 64.2 Å². The molecule has 0 heterocycles. The number of para-hydroxylation sites is 2. The van der Waals surface area contributed by atoms with Crippen molar-refractivity contribution in [3.63, 3.8) is 0 Å². The third-order valence-electron chi connectivity index (χ3n) is 4.33. The van der Waals surface area contributed by atoms with Crippen molar-refractivity contribution in [1.29, 1.82) is 0 Å². The number of nitro benzene ring substituents is 1. The normalized spacial score (nSPS) is 13.5. The highest BCUT2D eigenvalue weighted by Gasteiger charge is 2.30. The summed E-state index contributed by atoms with van der Waals surface area (Å²) in [5, 5.41) is 13.7. The molecule has 1 aliphatic rings. The number of rotatable bonds is 8. The molecule has 1 fully saturated rings. The highest BCUT2D eigenvalue weighted by atomic mass is 16.6. The molecular weight excluding hydrogens is 334 g/mol. The lowest BCUT2D eigenvalue weighted by atomic mass is 10.2. The van der Waals surface area contributed by atoms with E-state index in [4.69, 9.17) is 4.74 Å². The van der Waals surface area contributed by atoms with Crippen LogP contribution in [0.1, 0.15) is 18.4 Å². The van der Waals surface area contributed by atoms with Crippen LogP contribution >= 0.6 is 0 Å². The van der Waals surface area contributed by atoms with Crippen LogP contribution in [-0.2, 0) is 11.3 Å². The molecule has 1 N–H and O–H groups in total. The van der Waals surface area contributed by atoms with E-state index in [9.17, 15) is 14.9 Å². The summed E-state index contributed by atoms with van der Waals surface area (Å²) >= 11 is 0. The lowest BCUT2D eigenvalue weighted by Gasteiger charge is -2.21. The van der Waals surface area contributed by atoms with Crippen LogP contribution in [0.3, 0.4) is 0 Å². The molecule has 0 unspecified atom stereocenters. The SMILES string of the molecule is COc1ccc(CN(CC(=O)Nc2ccccc2[N+](=O)[O-])C2CC2)cc1. The van der Waals surface area contributed by atoms with Crippen LogP contribution in [0.5, 0.6) is 5.75 Å². The standard InChI is InChI=1S/C19H21N3O4/c1-26-16-10-6-14(7-11-16)12-21(15-8-9-15)13-19(23)20-17-4-2-3-5-18(17)22(24)25/h2-7,10-11,15H,8-9,12-13H2,1H3,(H,20,23). The summed E-state index contributed by atoms with van der Waals surface area (Å²) in [6.07, 6.45) is 2.13. The second-order valence-electron chi connectivity index (χ2n) is 6.31. The Morgan fingerprint density at radius 2 is 1.92 bits per heavy atom. The zero-order valence-corrected chi connectivity index (χ0v) is 14.6. The maximum absolute atomic E-state index is 12.4. The highest BCUT2D eigenvalue weighted by Crippen LogP contribution is 2.29. The summed E-state index contributed by atoms with van der Waals surface area (Å²) in [6.45, 7) is 0.849. The van der Waals surface area contributed by atoms with Gasteiger partial charge in [-0.3, -0.25) is 19.8 Å². The van der Waals surface area contributed by atoms with E-state index in [0.29, 0.717) is 12.6 Å². The van der Waals surface area contributed by atoms with Gasteiger partial charge in [0.15, 0.2) is 0 Å². The van der Waals surface area contributed by atoms with Crippen molar-refractivity contribution in [1.82, 2.24) is 4.90 Å². The van der Waals surface area contributed by atoms with Gasteiger partial charge in [-0.1, -0.05) is 24.3 Å². The second kappa shape index (κ2) is 7.97. The third kappa shape index (κ3) is 4.58. The lowest BCUT2D eigenvalue weighted by molar-refractivity contribution is -0.383. The molecule has 0 spiro atoms. The van der Waals surface area contributed by atoms with E-state index >= 15 is 0 Å². The molecule has 3 rings (SSSR count). The van der Waals surface area contributed by atoms with E-state index < -0.39 is 4.92 Å². The average Bonchev–Trinajstić information content (AvgIpc) is 3.47. The molecule has 2 aromatic carbocycles. The first-order valence-corrected chi connectivity index (χ1v) is 8.47. The Morgan fingerprint density at radius 1 is 1.23 bits per heavy atom. The minimum Gasteiger partial charge on any atom is -0.497 e. The van der Waals surface area contributed by atoms with Crippen LogP contribution in [-0.4, -0.2) is 35.4 Å². The summed E-state index contributed by atoms with van der Waals surface area (Å²) in [4.78, 5) is 25.1. The topological polar surface area (TPSA) is 84.7 Å². The smallest absolute Gasteiger partial charge is 0.292 e. The summed E-state index contributed by atoms with van der Waals surface area (Å²) in [6, 6.07) is 14.3. The zero-order valence-electron chi connectivity index (χ0n) is 14.6. The number of hydrogen-bond acceptors (Lipinski definition) is 5. The fraction of sp³-hybridized carbons (Fsp3) is 0.316. The zero-order chi connectivity index (χ0) is 18.5. The van der Waals surface area contributed by atoms with Crippen molar-refractivity contribution in [3.8, 4) is 5.75 Å². The predicted octanol–water partition coefficient (Wildman–Crippen LogP) is 3.21. The Bertz CT molecular complexity index is 788. The molecule has 2 aromatic rings. The Balaban J connectivity index is 1.64. The number of methoxy groups -OCH3 is 1. The number of ether oxygens (including phenoxy) is 1. The van der Waals surface area contributed by atoms with Crippen LogP contribution in [0.25, 0.3) is 0 Å². The van der Waals surface area contributed by atoms with Gasteiger partial charge in [0.1, 0.15) is 11.4 Å². The molecule has 26 heavy (non-hydrogen) atoms. The van der Waals surface area contributed by atoms with Gasteiger partial charge < -0.3 is 10.1 Å². The van der Waals surface area contributed by atoms with Crippen molar-refractivity contribution < 1.29 is 14.5 Å². The van der Waals surface area contributed by atoms with Crippen LogP contribution in [0.4, 0.5) is 11.4 Å². The van der Waals surface area contributed by atoms with Gasteiger partial charge in [0.25, 0.3) is 5.69 Å². The Morgan fingerprint density at radius 3 is 2.54 bits per heavy atom. The van der Waals surface area contributed by atoms with Gasteiger partial charge in [0, 0.05) is 18.7 Å². The lowest BCUT2D eigenvalue weighted by Crippen LogP contribution is -2.34. The molecule has 0 bridgehead atoms. The molecule has 136 valence electrons. The molecule has 0 atom stereocenters. The van der Waals surface area contributed by atoms with Crippen LogP contribution in [0, 0.1) is 10.1 Å². The minimum atomic E-state index is -0.494. The number of amides is 1. The van der Waals surface area contributed by atoms with Crippen molar-refractivity contribution in [2.45, 2.75) is 25.4 Å². The fourth-order valence-electron chi connectivity index (χ4n) is 2.83. The fourth-order valence-corrected chi connectivity index (χ4v) is 2.83. The van der Waals surface area contributed by atoms with Crippen LogP contribution in [0.15, 0.2) is 48.5 Å². The number of hydrogen-bond donors (Lipinski definition) is 1. The van der Waals surface area contributed by atoms with E-state index in [2.05, 4.69) is 10.2 Å². The third-order valence-corrected chi connectivity index (χ3v) is 4.33. The van der Waals surface area contributed by atoms with E-state index in [1.165, 1.54) is 6.07 Å². The predicted molar refractivity (Wildman–Crippen MR) is 98.2 cm³/mol. The van der Waals surface area contributed by atoms with Gasteiger partial charge in [-0.2, -0.15) is 0 Å². The van der Waals surface area contributed by atoms with Crippen LogP contribution < -0.4 is 10.1 Å². The Labute approximate surface area is 151 Å². The minimum absolute atomic E-state index is 0.103.